The van der Waals surface area contributed by atoms with Crippen molar-refractivity contribution in [3.05, 3.63) is 71.0 Å². The number of anilines is 1. The van der Waals surface area contributed by atoms with Crippen LogP contribution >= 0.6 is 11.3 Å². The van der Waals surface area contributed by atoms with Gasteiger partial charge in [0.25, 0.3) is 5.91 Å². The summed E-state index contributed by atoms with van der Waals surface area (Å²) in [4.78, 5) is 16.8. The molecule has 0 unspecified atom stereocenters. The first kappa shape index (κ1) is 16.3. The van der Waals surface area contributed by atoms with Crippen molar-refractivity contribution >= 4 is 22.9 Å². The summed E-state index contributed by atoms with van der Waals surface area (Å²) in [6.07, 6.45) is 2.02. The number of amides is 1. The highest BCUT2D eigenvalue weighted by atomic mass is 32.1. The topological polar surface area (TPSA) is 62.2 Å². The minimum Gasteiger partial charge on any atom is -0.396 e. The first-order chi connectivity index (χ1) is 11.7. The minimum absolute atomic E-state index is 0.0887. The predicted molar refractivity (Wildman–Crippen MR) is 92.7 cm³/mol. The molecule has 0 fully saturated rings. The lowest BCUT2D eigenvalue weighted by Gasteiger charge is -2.04. The molecule has 6 heteroatoms. The summed E-state index contributed by atoms with van der Waals surface area (Å²) < 4.78 is 13.8. The highest BCUT2D eigenvalue weighted by Crippen LogP contribution is 2.27. The number of aliphatic hydroxyl groups is 1. The number of aromatic nitrogens is 1. The third-order valence-corrected chi connectivity index (χ3v) is 4.48. The number of carbonyl (C=O) groups is 1. The Bertz CT molecular complexity index is 846. The average Bonchev–Trinajstić information content (AvgIpc) is 3.07. The number of thiazole rings is 1. The first-order valence-electron chi connectivity index (χ1n) is 7.39. The van der Waals surface area contributed by atoms with Gasteiger partial charge in [-0.15, -0.1) is 11.3 Å². The number of nitrogens with zero attached hydrogens (tertiary/aromatic N) is 1. The molecule has 2 aromatic carbocycles. The van der Waals surface area contributed by atoms with Gasteiger partial charge < -0.3 is 10.4 Å². The summed E-state index contributed by atoms with van der Waals surface area (Å²) in [7, 11) is 0. The van der Waals surface area contributed by atoms with Crippen molar-refractivity contribution in [1.29, 1.82) is 0 Å². The number of rotatable bonds is 5. The van der Waals surface area contributed by atoms with Gasteiger partial charge in [-0.3, -0.25) is 4.79 Å². The Morgan fingerprint density at radius 3 is 2.62 bits per heavy atom. The standard InChI is InChI=1S/C18H15FN2O2S/c19-15-4-2-1-3-14(15)18-20-11-16(24-18)17(23)21-13-7-5-12(6-8-13)9-10-22/h1-8,11,22H,9-10H2,(H,21,23). The van der Waals surface area contributed by atoms with E-state index in [0.717, 1.165) is 16.9 Å². The molecule has 4 nitrogen and oxygen atoms in total. The van der Waals surface area contributed by atoms with Crippen LogP contribution in [-0.2, 0) is 6.42 Å². The molecule has 0 bridgehead atoms. The van der Waals surface area contributed by atoms with Crippen LogP contribution in [-0.4, -0.2) is 22.6 Å². The van der Waals surface area contributed by atoms with Gasteiger partial charge in [0.1, 0.15) is 15.7 Å². The van der Waals surface area contributed by atoms with E-state index in [-0.39, 0.29) is 18.3 Å². The number of hydrogen-bond acceptors (Lipinski definition) is 4. The van der Waals surface area contributed by atoms with E-state index in [2.05, 4.69) is 10.3 Å². The van der Waals surface area contributed by atoms with Crippen molar-refractivity contribution in [2.45, 2.75) is 6.42 Å². The first-order valence-corrected chi connectivity index (χ1v) is 8.21. The van der Waals surface area contributed by atoms with E-state index in [1.807, 2.05) is 12.1 Å². The highest BCUT2D eigenvalue weighted by Gasteiger charge is 2.14. The van der Waals surface area contributed by atoms with Crippen LogP contribution in [0.3, 0.4) is 0 Å². The van der Waals surface area contributed by atoms with Crippen molar-refractivity contribution in [1.82, 2.24) is 4.98 Å². The van der Waals surface area contributed by atoms with Gasteiger partial charge in [0.15, 0.2) is 0 Å². The van der Waals surface area contributed by atoms with Crippen LogP contribution in [0.1, 0.15) is 15.2 Å². The second kappa shape index (κ2) is 7.33. The molecular weight excluding hydrogens is 327 g/mol. The number of hydrogen-bond donors (Lipinski definition) is 2. The molecule has 0 aliphatic heterocycles. The molecule has 2 N–H and O–H groups in total. The Balaban J connectivity index is 1.73. The van der Waals surface area contributed by atoms with E-state index >= 15 is 0 Å². The zero-order valence-electron chi connectivity index (χ0n) is 12.7. The number of aliphatic hydroxyl groups excluding tert-OH is 1. The van der Waals surface area contributed by atoms with E-state index in [1.165, 1.54) is 12.3 Å². The Morgan fingerprint density at radius 1 is 1.17 bits per heavy atom. The SMILES string of the molecule is O=C(Nc1ccc(CCO)cc1)c1cnc(-c2ccccc2F)s1. The largest absolute Gasteiger partial charge is 0.396 e. The van der Waals surface area contributed by atoms with Crippen molar-refractivity contribution in [2.24, 2.45) is 0 Å². The Hall–Kier alpha value is -2.57. The van der Waals surface area contributed by atoms with Crippen LogP contribution in [0, 0.1) is 5.82 Å². The third-order valence-electron chi connectivity index (χ3n) is 3.45. The van der Waals surface area contributed by atoms with Gasteiger partial charge in [-0.1, -0.05) is 24.3 Å². The van der Waals surface area contributed by atoms with Crippen molar-refractivity contribution in [2.75, 3.05) is 11.9 Å². The molecule has 1 amide bonds. The second-order valence-corrected chi connectivity index (χ2v) is 6.16. The van der Waals surface area contributed by atoms with Crippen LogP contribution in [0.2, 0.25) is 0 Å². The van der Waals surface area contributed by atoms with Gasteiger partial charge in [0, 0.05) is 17.9 Å². The van der Waals surface area contributed by atoms with Crippen LogP contribution < -0.4 is 5.32 Å². The van der Waals surface area contributed by atoms with Crippen LogP contribution in [0.25, 0.3) is 10.6 Å². The van der Waals surface area contributed by atoms with Crippen LogP contribution in [0.15, 0.2) is 54.7 Å². The Labute approximate surface area is 142 Å². The molecule has 0 aliphatic rings. The molecule has 0 aliphatic carbocycles. The number of nitrogens with one attached hydrogen (secondary N) is 1. The van der Waals surface area contributed by atoms with E-state index in [9.17, 15) is 9.18 Å². The summed E-state index contributed by atoms with van der Waals surface area (Å²) in [6, 6.07) is 13.6. The minimum atomic E-state index is -0.363. The van der Waals surface area contributed by atoms with Crippen molar-refractivity contribution in [3.8, 4) is 10.6 Å². The molecule has 1 heterocycles. The van der Waals surface area contributed by atoms with E-state index < -0.39 is 0 Å². The third kappa shape index (κ3) is 3.67. The fourth-order valence-corrected chi connectivity index (χ4v) is 3.05. The maximum atomic E-state index is 13.8. The number of benzene rings is 2. The molecule has 3 aromatic rings. The number of halogens is 1. The molecular formula is C18H15FN2O2S. The summed E-state index contributed by atoms with van der Waals surface area (Å²) in [5.74, 6) is -0.650. The molecule has 122 valence electrons. The van der Waals surface area contributed by atoms with Crippen molar-refractivity contribution in [3.63, 3.8) is 0 Å². The maximum Gasteiger partial charge on any atom is 0.267 e. The zero-order valence-corrected chi connectivity index (χ0v) is 13.5. The van der Waals surface area contributed by atoms with Gasteiger partial charge in [-0.05, 0) is 36.2 Å². The molecule has 0 atom stereocenters. The number of carbonyl (C=O) groups excluding carboxylic acids is 1. The Kier molecular flexibility index (Phi) is 4.98. The molecule has 0 saturated carbocycles. The van der Waals surface area contributed by atoms with Gasteiger partial charge >= 0.3 is 0 Å². The van der Waals surface area contributed by atoms with Gasteiger partial charge in [0.2, 0.25) is 0 Å². The van der Waals surface area contributed by atoms with Crippen LogP contribution in [0.4, 0.5) is 10.1 Å². The highest BCUT2D eigenvalue weighted by molar-refractivity contribution is 7.17. The summed E-state index contributed by atoms with van der Waals surface area (Å²) >= 11 is 1.14. The molecule has 1 aromatic heterocycles. The molecule has 3 rings (SSSR count). The van der Waals surface area contributed by atoms with Crippen molar-refractivity contribution < 1.29 is 14.3 Å². The fourth-order valence-electron chi connectivity index (χ4n) is 2.21. The van der Waals surface area contributed by atoms with Gasteiger partial charge in [-0.25, -0.2) is 9.37 Å². The fraction of sp³-hybridized carbons (Fsp3) is 0.111. The monoisotopic (exact) mass is 342 g/mol. The molecule has 0 saturated heterocycles. The van der Waals surface area contributed by atoms with E-state index in [4.69, 9.17) is 5.11 Å². The molecule has 0 spiro atoms. The van der Waals surface area contributed by atoms with Gasteiger partial charge in [0.05, 0.1) is 6.20 Å². The molecule has 0 radical (unpaired) electrons. The molecule has 24 heavy (non-hydrogen) atoms. The second-order valence-electron chi connectivity index (χ2n) is 5.13. The van der Waals surface area contributed by atoms with E-state index in [1.54, 1.807) is 30.3 Å². The van der Waals surface area contributed by atoms with Crippen LogP contribution in [0.5, 0.6) is 0 Å². The normalized spacial score (nSPS) is 10.6. The summed E-state index contributed by atoms with van der Waals surface area (Å²) in [6.45, 7) is 0.0887. The quantitative estimate of drug-likeness (QED) is 0.742. The lowest BCUT2D eigenvalue weighted by Crippen LogP contribution is -2.10. The van der Waals surface area contributed by atoms with Gasteiger partial charge in [-0.2, -0.15) is 0 Å². The summed E-state index contributed by atoms with van der Waals surface area (Å²) in [5, 5.41) is 12.1. The maximum absolute atomic E-state index is 13.8. The lowest BCUT2D eigenvalue weighted by atomic mass is 10.1. The zero-order chi connectivity index (χ0) is 16.9. The average molecular weight is 342 g/mol. The Morgan fingerprint density at radius 2 is 1.92 bits per heavy atom. The summed E-state index contributed by atoms with van der Waals surface area (Å²) in [5.41, 5.74) is 2.03. The lowest BCUT2D eigenvalue weighted by molar-refractivity contribution is 0.103. The predicted octanol–water partition coefficient (Wildman–Crippen LogP) is 3.74. The smallest absolute Gasteiger partial charge is 0.267 e. The van der Waals surface area contributed by atoms with E-state index in [0.29, 0.717) is 27.6 Å².